The van der Waals surface area contributed by atoms with Crippen LogP contribution < -0.4 is 15.0 Å². The number of ether oxygens (including phenoxy) is 2. The maximum absolute atomic E-state index is 13.1. The van der Waals surface area contributed by atoms with Gasteiger partial charge in [-0.15, -0.1) is 0 Å². The zero-order valence-electron chi connectivity index (χ0n) is 17.4. The lowest BCUT2D eigenvalue weighted by Crippen LogP contribution is -2.21. The summed E-state index contributed by atoms with van der Waals surface area (Å²) >= 11 is 0. The molecule has 0 atom stereocenters. The van der Waals surface area contributed by atoms with Gasteiger partial charge in [0.05, 0.1) is 37.1 Å². The lowest BCUT2D eigenvalue weighted by atomic mass is 10.0. The molecule has 2 heterocycles. The van der Waals surface area contributed by atoms with E-state index >= 15 is 0 Å². The van der Waals surface area contributed by atoms with Crippen molar-refractivity contribution in [2.75, 3.05) is 14.2 Å². The van der Waals surface area contributed by atoms with Crippen molar-refractivity contribution in [3.63, 3.8) is 0 Å². The third-order valence-corrected chi connectivity index (χ3v) is 5.20. The zero-order valence-corrected chi connectivity index (χ0v) is 17.4. The number of nitrogens with zero attached hydrogens (tertiary/aromatic N) is 3. The Hall–Kier alpha value is -3.61. The number of aromatic nitrogens is 3. The van der Waals surface area contributed by atoms with Crippen molar-refractivity contribution in [2.24, 2.45) is 0 Å². The molecule has 2 aromatic heterocycles. The van der Waals surface area contributed by atoms with Gasteiger partial charge in [0.25, 0.3) is 5.56 Å². The van der Waals surface area contributed by atoms with Gasteiger partial charge in [0.2, 0.25) is 0 Å². The molecular weight excluding hydrogens is 382 g/mol. The highest BCUT2D eigenvalue weighted by Gasteiger charge is 2.14. The Kier molecular flexibility index (Phi) is 5.27. The Bertz CT molecular complexity index is 1230. The molecule has 2 aromatic carbocycles. The fourth-order valence-electron chi connectivity index (χ4n) is 3.63. The molecular formula is C23H23N3O4. The predicted molar refractivity (Wildman–Crippen MR) is 114 cm³/mol. The molecule has 0 saturated heterocycles. The lowest BCUT2D eigenvalue weighted by molar-refractivity contribution is 0.393. The first-order chi connectivity index (χ1) is 14.5. The summed E-state index contributed by atoms with van der Waals surface area (Å²) < 4.78 is 17.6. The van der Waals surface area contributed by atoms with E-state index in [-0.39, 0.29) is 5.56 Å². The first-order valence-electron chi connectivity index (χ1n) is 9.64. The number of methoxy groups -OCH3 is 2. The van der Waals surface area contributed by atoms with Gasteiger partial charge in [0, 0.05) is 18.2 Å². The molecule has 0 fully saturated rings. The number of aryl methyl sites for hydroxylation is 4. The number of hydrogen-bond acceptors (Lipinski definition) is 6. The quantitative estimate of drug-likeness (QED) is 0.484. The maximum atomic E-state index is 13.1. The highest BCUT2D eigenvalue weighted by atomic mass is 16.5. The van der Waals surface area contributed by atoms with Crippen LogP contribution >= 0.6 is 0 Å². The number of rotatable bonds is 6. The van der Waals surface area contributed by atoms with E-state index in [4.69, 9.17) is 14.0 Å². The molecule has 0 bridgehead atoms. The van der Waals surface area contributed by atoms with E-state index in [1.165, 1.54) is 0 Å². The van der Waals surface area contributed by atoms with E-state index in [0.29, 0.717) is 23.9 Å². The normalized spacial score (nSPS) is 11.1. The summed E-state index contributed by atoms with van der Waals surface area (Å²) in [6.45, 7) is 4.25. The van der Waals surface area contributed by atoms with E-state index in [9.17, 15) is 4.79 Å². The van der Waals surface area contributed by atoms with Crippen LogP contribution in [-0.2, 0) is 13.0 Å². The Morgan fingerprint density at radius 3 is 2.40 bits per heavy atom. The van der Waals surface area contributed by atoms with Crippen LogP contribution in [0.25, 0.3) is 22.0 Å². The van der Waals surface area contributed by atoms with E-state index in [1.54, 1.807) is 25.1 Å². The van der Waals surface area contributed by atoms with Crippen molar-refractivity contribution in [3.8, 4) is 22.6 Å². The molecule has 0 aliphatic carbocycles. The standard InChI is InChI=1S/C23H23N3O4/c1-14-22(15(2)30-25-14)17-5-6-21-20(11-17)23(27)26(13-24-21)8-7-16-9-18(28-3)12-19(10-16)29-4/h5-6,9-13H,7-8H2,1-4H3. The van der Waals surface area contributed by atoms with Crippen LogP contribution in [0.15, 0.2) is 52.0 Å². The van der Waals surface area contributed by atoms with Gasteiger partial charge in [-0.1, -0.05) is 11.2 Å². The van der Waals surface area contributed by atoms with Crippen LogP contribution in [0.3, 0.4) is 0 Å². The lowest BCUT2D eigenvalue weighted by Gasteiger charge is -2.10. The second kappa shape index (κ2) is 8.02. The van der Waals surface area contributed by atoms with Crippen LogP contribution in [-0.4, -0.2) is 28.9 Å². The van der Waals surface area contributed by atoms with Crippen LogP contribution in [0.4, 0.5) is 0 Å². The van der Waals surface area contributed by atoms with Crippen molar-refractivity contribution in [1.29, 1.82) is 0 Å². The first-order valence-corrected chi connectivity index (χ1v) is 9.64. The fourth-order valence-corrected chi connectivity index (χ4v) is 3.63. The van der Waals surface area contributed by atoms with E-state index in [2.05, 4.69) is 10.1 Å². The van der Waals surface area contributed by atoms with Gasteiger partial charge < -0.3 is 14.0 Å². The average molecular weight is 405 g/mol. The third-order valence-electron chi connectivity index (χ3n) is 5.20. The summed E-state index contributed by atoms with van der Waals surface area (Å²) in [5.74, 6) is 2.16. The topological polar surface area (TPSA) is 79.4 Å². The molecule has 154 valence electrons. The molecule has 0 spiro atoms. The van der Waals surface area contributed by atoms with Crippen molar-refractivity contribution in [1.82, 2.24) is 14.7 Å². The second-order valence-corrected chi connectivity index (χ2v) is 7.15. The number of fused-ring (bicyclic) bond motifs is 1. The first kappa shape index (κ1) is 19.7. The average Bonchev–Trinajstić information content (AvgIpc) is 3.10. The number of benzene rings is 2. The maximum Gasteiger partial charge on any atom is 0.261 e. The predicted octanol–water partition coefficient (Wildman–Crippen LogP) is 3.93. The molecule has 0 saturated carbocycles. The Morgan fingerprint density at radius 1 is 1.03 bits per heavy atom. The molecule has 4 aromatic rings. The van der Waals surface area contributed by atoms with Gasteiger partial charge in [-0.05, 0) is 55.7 Å². The third kappa shape index (κ3) is 3.66. The van der Waals surface area contributed by atoms with Gasteiger partial charge >= 0.3 is 0 Å². The van der Waals surface area contributed by atoms with Gasteiger partial charge in [-0.25, -0.2) is 4.98 Å². The Balaban J connectivity index is 1.67. The molecule has 0 N–H and O–H groups in total. The van der Waals surface area contributed by atoms with Crippen molar-refractivity contribution in [3.05, 3.63) is 70.1 Å². The summed E-state index contributed by atoms with van der Waals surface area (Å²) in [6, 6.07) is 11.4. The van der Waals surface area contributed by atoms with Crippen LogP contribution in [0, 0.1) is 13.8 Å². The molecule has 7 nitrogen and oxygen atoms in total. The highest BCUT2D eigenvalue weighted by molar-refractivity contribution is 5.84. The fraction of sp³-hybridized carbons (Fsp3) is 0.261. The minimum atomic E-state index is -0.0801. The van der Waals surface area contributed by atoms with Crippen LogP contribution in [0.5, 0.6) is 11.5 Å². The minimum Gasteiger partial charge on any atom is -0.497 e. The molecule has 0 radical (unpaired) electrons. The summed E-state index contributed by atoms with van der Waals surface area (Å²) in [7, 11) is 3.24. The van der Waals surface area contributed by atoms with Crippen LogP contribution in [0.1, 0.15) is 17.0 Å². The minimum absolute atomic E-state index is 0.0801. The zero-order chi connectivity index (χ0) is 21.3. The Morgan fingerprint density at radius 2 is 1.77 bits per heavy atom. The summed E-state index contributed by atoms with van der Waals surface area (Å²) in [5.41, 5.74) is 4.20. The Labute approximate surface area is 173 Å². The monoisotopic (exact) mass is 405 g/mol. The van der Waals surface area contributed by atoms with Gasteiger partial charge in [-0.3, -0.25) is 9.36 Å². The van der Waals surface area contributed by atoms with E-state index in [1.807, 2.05) is 50.2 Å². The largest absolute Gasteiger partial charge is 0.497 e. The summed E-state index contributed by atoms with van der Waals surface area (Å²) in [5, 5.41) is 4.58. The molecule has 0 unspecified atom stereocenters. The van der Waals surface area contributed by atoms with E-state index in [0.717, 1.165) is 39.6 Å². The van der Waals surface area contributed by atoms with Crippen molar-refractivity contribution < 1.29 is 14.0 Å². The molecule has 0 amide bonds. The summed E-state index contributed by atoms with van der Waals surface area (Å²) in [6.07, 6.45) is 2.24. The summed E-state index contributed by atoms with van der Waals surface area (Å²) in [4.78, 5) is 17.6. The molecule has 4 rings (SSSR count). The molecule has 7 heteroatoms. The second-order valence-electron chi connectivity index (χ2n) is 7.15. The smallest absolute Gasteiger partial charge is 0.261 e. The molecule has 0 aliphatic heterocycles. The molecule has 30 heavy (non-hydrogen) atoms. The van der Waals surface area contributed by atoms with Gasteiger partial charge in [0.15, 0.2) is 0 Å². The highest BCUT2D eigenvalue weighted by Crippen LogP contribution is 2.28. The van der Waals surface area contributed by atoms with E-state index < -0.39 is 0 Å². The molecule has 0 aliphatic rings. The number of hydrogen-bond donors (Lipinski definition) is 0. The van der Waals surface area contributed by atoms with Gasteiger partial charge in [0.1, 0.15) is 17.3 Å². The SMILES string of the molecule is COc1cc(CCn2cnc3ccc(-c4c(C)noc4C)cc3c2=O)cc(OC)c1. The van der Waals surface area contributed by atoms with Crippen molar-refractivity contribution >= 4 is 10.9 Å². The van der Waals surface area contributed by atoms with Crippen LogP contribution in [0.2, 0.25) is 0 Å². The van der Waals surface area contributed by atoms with Crippen molar-refractivity contribution in [2.45, 2.75) is 26.8 Å². The van der Waals surface area contributed by atoms with Gasteiger partial charge in [-0.2, -0.15) is 0 Å².